The van der Waals surface area contributed by atoms with Gasteiger partial charge in [-0.1, -0.05) is 6.08 Å². The number of Topliss-reactive ketones (excluding diaryl/α,β-unsaturated/α-hetero) is 1. The number of ether oxygens (including phenoxy) is 1. The summed E-state index contributed by atoms with van der Waals surface area (Å²) in [5.74, 6) is -1.01. The van der Waals surface area contributed by atoms with E-state index < -0.39 is 44.9 Å². The minimum atomic E-state index is -3.91. The summed E-state index contributed by atoms with van der Waals surface area (Å²) in [4.78, 5) is 16.6. The molecule has 32 heavy (non-hydrogen) atoms. The zero-order chi connectivity index (χ0) is 23.6. The Bertz CT molecular complexity index is 1140. The fourth-order valence-electron chi connectivity index (χ4n) is 3.87. The molecule has 1 heterocycles. The Balaban J connectivity index is 2.09. The lowest BCUT2D eigenvalue weighted by atomic mass is 9.68. The van der Waals surface area contributed by atoms with Crippen LogP contribution in [-0.2, 0) is 16.4 Å². The fraction of sp³-hybridized carbons (Fsp3) is 0.348. The van der Waals surface area contributed by atoms with Crippen molar-refractivity contribution in [2.24, 2.45) is 5.41 Å². The molecule has 1 aromatic heterocycles. The number of aromatic amines is 1. The summed E-state index contributed by atoms with van der Waals surface area (Å²) in [6, 6.07) is 10.0. The van der Waals surface area contributed by atoms with Gasteiger partial charge in [-0.15, -0.1) is 0 Å². The van der Waals surface area contributed by atoms with Gasteiger partial charge in [-0.25, -0.2) is 17.5 Å². The van der Waals surface area contributed by atoms with Gasteiger partial charge >= 0.3 is 0 Å². The summed E-state index contributed by atoms with van der Waals surface area (Å²) in [7, 11) is -2.40. The third kappa shape index (κ3) is 5.01. The number of nitrogens with one attached hydrogen (secondary N) is 2. The van der Waals surface area contributed by atoms with E-state index in [0.29, 0.717) is 11.3 Å². The van der Waals surface area contributed by atoms with E-state index in [0.717, 1.165) is 5.69 Å². The van der Waals surface area contributed by atoms with Crippen molar-refractivity contribution in [1.29, 1.82) is 0 Å². The van der Waals surface area contributed by atoms with E-state index in [-0.39, 0.29) is 12.0 Å². The lowest BCUT2D eigenvalue weighted by molar-refractivity contribution is 0.1000. The zero-order valence-corrected chi connectivity index (χ0v) is 19.0. The summed E-state index contributed by atoms with van der Waals surface area (Å²) in [5, 5.41) is 9.03. The molecule has 2 atom stereocenters. The Morgan fingerprint density at radius 2 is 1.88 bits per heavy atom. The van der Waals surface area contributed by atoms with Crippen LogP contribution < -0.4 is 9.46 Å². The molecule has 0 fully saturated rings. The van der Waals surface area contributed by atoms with Gasteiger partial charge in [-0.3, -0.25) is 4.79 Å². The van der Waals surface area contributed by atoms with Crippen LogP contribution in [-0.4, -0.2) is 49.3 Å². The largest absolute Gasteiger partial charge is 0.497 e. The van der Waals surface area contributed by atoms with Crippen molar-refractivity contribution in [2.75, 3.05) is 19.5 Å². The molecule has 3 rings (SSSR count). The molecule has 0 saturated carbocycles. The minimum absolute atomic E-state index is 0.131. The maximum atomic E-state index is 15.7. The van der Waals surface area contributed by atoms with Gasteiger partial charge < -0.3 is 14.8 Å². The van der Waals surface area contributed by atoms with Crippen LogP contribution in [0, 0.1) is 5.41 Å². The maximum absolute atomic E-state index is 15.7. The van der Waals surface area contributed by atoms with Crippen LogP contribution in [0.5, 0.6) is 5.75 Å². The third-order valence-electron chi connectivity index (χ3n) is 5.53. The maximum Gasteiger partial charge on any atom is 0.214 e. The van der Waals surface area contributed by atoms with Gasteiger partial charge in [-0.05, 0) is 56.3 Å². The Kier molecular flexibility index (Phi) is 6.73. The average molecular weight is 463 g/mol. The van der Waals surface area contributed by atoms with Crippen LogP contribution in [0.2, 0.25) is 0 Å². The normalized spacial score (nSPS) is 23.4. The predicted molar refractivity (Wildman–Crippen MR) is 120 cm³/mol. The molecule has 0 saturated heterocycles. The number of hydrogen-bond acceptors (Lipinski definition) is 5. The molecule has 1 aliphatic rings. The van der Waals surface area contributed by atoms with E-state index in [1.165, 1.54) is 26.2 Å². The molecule has 7 nitrogen and oxygen atoms in total. The lowest BCUT2D eigenvalue weighted by Crippen LogP contribution is -2.48. The topological polar surface area (TPSA) is 108 Å². The number of ketones is 1. The fourth-order valence-corrected chi connectivity index (χ4v) is 5.00. The number of benzene rings is 1. The number of halogens is 1. The molecule has 1 aromatic carbocycles. The highest BCUT2D eigenvalue weighted by Crippen LogP contribution is 2.46. The summed E-state index contributed by atoms with van der Waals surface area (Å²) in [6.45, 7) is 2.51. The number of rotatable bonds is 9. The SMILES string of the molecule is COc1ccc(C(=O)C2=CC(C)(NS(=O)(=O)CCO)C=C(F)C2(C)Cc2ccc[nH]2)cc1. The van der Waals surface area contributed by atoms with E-state index >= 15 is 4.39 Å². The highest BCUT2D eigenvalue weighted by atomic mass is 32.2. The van der Waals surface area contributed by atoms with Crippen LogP contribution in [0.4, 0.5) is 4.39 Å². The Labute approximate surface area is 187 Å². The van der Waals surface area contributed by atoms with Gasteiger partial charge in [0.15, 0.2) is 5.78 Å². The van der Waals surface area contributed by atoms with Crippen molar-refractivity contribution in [2.45, 2.75) is 25.8 Å². The molecule has 0 amide bonds. The number of carbonyl (C=O) groups excluding carboxylic acids is 1. The molecule has 2 aromatic rings. The van der Waals surface area contributed by atoms with E-state index in [2.05, 4.69) is 9.71 Å². The first-order valence-corrected chi connectivity index (χ1v) is 11.7. The second kappa shape index (κ2) is 9.01. The van der Waals surface area contributed by atoms with E-state index in [1.54, 1.807) is 49.5 Å². The number of aromatic nitrogens is 1. The molecule has 0 bridgehead atoms. The molecule has 0 radical (unpaired) electrons. The number of methoxy groups -OCH3 is 1. The van der Waals surface area contributed by atoms with Crippen LogP contribution in [0.3, 0.4) is 0 Å². The van der Waals surface area contributed by atoms with Gasteiger partial charge in [0, 0.05) is 29.4 Å². The first-order valence-electron chi connectivity index (χ1n) is 10.1. The van der Waals surface area contributed by atoms with Crippen LogP contribution in [0.1, 0.15) is 29.9 Å². The standard InChI is InChI=1S/C23H27FN2O5S/c1-22(26-32(29,30)12-11-27)14-19(21(28)16-6-8-18(31-3)9-7-16)23(2,20(24)15-22)13-17-5-4-10-25-17/h4-10,14-15,25-27H,11-13H2,1-3H3. The molecule has 2 unspecified atom stereocenters. The second-order valence-electron chi connectivity index (χ2n) is 8.24. The van der Waals surface area contributed by atoms with Crippen molar-refractivity contribution in [3.05, 3.63) is 77.4 Å². The number of hydrogen-bond donors (Lipinski definition) is 3. The van der Waals surface area contributed by atoms with Crippen molar-refractivity contribution in [1.82, 2.24) is 9.71 Å². The lowest BCUT2D eigenvalue weighted by Gasteiger charge is -2.38. The summed E-state index contributed by atoms with van der Waals surface area (Å²) in [5.41, 5.74) is -1.61. The number of sulfonamides is 1. The van der Waals surface area contributed by atoms with Crippen molar-refractivity contribution in [3.63, 3.8) is 0 Å². The van der Waals surface area contributed by atoms with E-state index in [9.17, 15) is 13.2 Å². The molecular formula is C23H27FN2O5S. The Morgan fingerprint density at radius 1 is 1.19 bits per heavy atom. The number of H-pyrrole nitrogens is 1. The monoisotopic (exact) mass is 462 g/mol. The van der Waals surface area contributed by atoms with Crippen molar-refractivity contribution < 1.29 is 27.4 Å². The van der Waals surface area contributed by atoms with Gasteiger partial charge in [0.05, 0.1) is 30.4 Å². The molecule has 9 heteroatoms. The molecule has 3 N–H and O–H groups in total. The van der Waals surface area contributed by atoms with Crippen LogP contribution in [0.25, 0.3) is 0 Å². The van der Waals surface area contributed by atoms with Gasteiger partial charge in [0.25, 0.3) is 0 Å². The Morgan fingerprint density at radius 3 is 2.44 bits per heavy atom. The van der Waals surface area contributed by atoms with E-state index in [4.69, 9.17) is 9.84 Å². The quantitative estimate of drug-likeness (QED) is 0.497. The third-order valence-corrected chi connectivity index (χ3v) is 7.00. The predicted octanol–water partition coefficient (Wildman–Crippen LogP) is 2.92. The number of aliphatic hydroxyl groups is 1. The zero-order valence-electron chi connectivity index (χ0n) is 18.2. The molecular weight excluding hydrogens is 435 g/mol. The number of allylic oxidation sites excluding steroid dienone is 2. The molecule has 0 aliphatic heterocycles. The van der Waals surface area contributed by atoms with Gasteiger partial charge in [0.1, 0.15) is 11.6 Å². The van der Waals surface area contributed by atoms with E-state index in [1.807, 2.05) is 0 Å². The number of aliphatic hydroxyl groups excluding tert-OH is 1. The first-order chi connectivity index (χ1) is 15.0. The summed E-state index contributed by atoms with van der Waals surface area (Å²) in [6.07, 6.45) is 4.52. The number of carbonyl (C=O) groups is 1. The van der Waals surface area contributed by atoms with Gasteiger partial charge in [0.2, 0.25) is 10.0 Å². The highest BCUT2D eigenvalue weighted by molar-refractivity contribution is 7.89. The highest BCUT2D eigenvalue weighted by Gasteiger charge is 2.45. The van der Waals surface area contributed by atoms with Crippen LogP contribution in [0.15, 0.2) is 66.1 Å². The van der Waals surface area contributed by atoms with Crippen LogP contribution >= 0.6 is 0 Å². The molecule has 0 spiro atoms. The van der Waals surface area contributed by atoms with Crippen molar-refractivity contribution in [3.8, 4) is 5.75 Å². The average Bonchev–Trinajstić information content (AvgIpc) is 3.23. The first kappa shape index (κ1) is 23.9. The minimum Gasteiger partial charge on any atom is -0.497 e. The Hall–Kier alpha value is -2.75. The smallest absolute Gasteiger partial charge is 0.214 e. The van der Waals surface area contributed by atoms with Gasteiger partial charge in [-0.2, -0.15) is 0 Å². The molecule has 172 valence electrons. The molecule has 1 aliphatic carbocycles. The summed E-state index contributed by atoms with van der Waals surface area (Å²) >= 11 is 0. The van der Waals surface area contributed by atoms with Crippen molar-refractivity contribution >= 4 is 15.8 Å². The second-order valence-corrected chi connectivity index (χ2v) is 10.1. The summed E-state index contributed by atoms with van der Waals surface area (Å²) < 4.78 is 47.8.